The molecule has 0 saturated carbocycles. The molecule has 0 aliphatic heterocycles. The Morgan fingerprint density at radius 2 is 2.00 bits per heavy atom. The van der Waals surface area contributed by atoms with Gasteiger partial charge in [0.05, 0.1) is 17.5 Å². The number of carbonyl (C=O) groups excluding carboxylic acids is 1. The van der Waals surface area contributed by atoms with Crippen molar-refractivity contribution in [3.63, 3.8) is 0 Å². The van der Waals surface area contributed by atoms with E-state index in [4.69, 9.17) is 9.15 Å². The molecule has 0 aliphatic carbocycles. The molecule has 0 radical (unpaired) electrons. The quantitative estimate of drug-likeness (QED) is 0.287. The van der Waals surface area contributed by atoms with Crippen molar-refractivity contribution in [3.05, 3.63) is 76.3 Å². The van der Waals surface area contributed by atoms with Crippen molar-refractivity contribution in [2.75, 3.05) is 0 Å². The monoisotopic (exact) mass is 352 g/mol. The molecule has 3 rings (SSSR count). The van der Waals surface area contributed by atoms with E-state index in [1.54, 1.807) is 13.1 Å². The van der Waals surface area contributed by atoms with Crippen LogP contribution in [0.1, 0.15) is 17.9 Å². The molecule has 1 heterocycles. The lowest BCUT2D eigenvalue weighted by Gasteiger charge is -2.04. The molecule has 0 fully saturated rings. The molecule has 0 atom stereocenters. The third-order valence-corrected chi connectivity index (χ3v) is 3.75. The number of aryl methyl sites for hydroxylation is 2. The summed E-state index contributed by atoms with van der Waals surface area (Å²) in [7, 11) is 0. The van der Waals surface area contributed by atoms with Crippen molar-refractivity contribution in [2.45, 2.75) is 19.8 Å². The second-order valence-corrected chi connectivity index (χ2v) is 5.66. The van der Waals surface area contributed by atoms with E-state index in [2.05, 4.69) is 4.98 Å². The number of ether oxygens (including phenoxy) is 1. The Balaban J connectivity index is 1.57. The Morgan fingerprint density at radius 3 is 2.69 bits per heavy atom. The third kappa shape index (κ3) is 4.13. The van der Waals surface area contributed by atoms with Gasteiger partial charge in [-0.05, 0) is 19.1 Å². The molecule has 26 heavy (non-hydrogen) atoms. The van der Waals surface area contributed by atoms with E-state index >= 15 is 0 Å². The molecule has 2 aromatic carbocycles. The Labute approximate surface area is 149 Å². The summed E-state index contributed by atoms with van der Waals surface area (Å²) in [5.74, 6) is 0.897. The molecular formula is C19H16N2O5. The van der Waals surface area contributed by atoms with Crippen LogP contribution in [0.5, 0.6) is 5.75 Å². The lowest BCUT2D eigenvalue weighted by molar-refractivity contribution is -0.385. The molecule has 0 bridgehead atoms. The normalized spacial score (nSPS) is 10.5. The van der Waals surface area contributed by atoms with Crippen molar-refractivity contribution < 1.29 is 18.9 Å². The minimum Gasteiger partial charge on any atom is -0.441 e. The summed E-state index contributed by atoms with van der Waals surface area (Å²) in [6.45, 7) is 1.59. The summed E-state index contributed by atoms with van der Waals surface area (Å²) in [6.07, 6.45) is 2.01. The number of hydrogen-bond acceptors (Lipinski definition) is 6. The summed E-state index contributed by atoms with van der Waals surface area (Å²) in [5, 5.41) is 10.8. The lowest BCUT2D eigenvalue weighted by Crippen LogP contribution is -2.09. The molecule has 3 aromatic rings. The molecule has 0 aliphatic rings. The van der Waals surface area contributed by atoms with Gasteiger partial charge in [-0.3, -0.25) is 14.9 Å². The van der Waals surface area contributed by atoms with Crippen LogP contribution < -0.4 is 4.74 Å². The first-order valence-corrected chi connectivity index (χ1v) is 7.99. The third-order valence-electron chi connectivity index (χ3n) is 3.75. The van der Waals surface area contributed by atoms with E-state index in [1.165, 1.54) is 18.2 Å². The highest BCUT2D eigenvalue weighted by atomic mass is 16.6. The van der Waals surface area contributed by atoms with Gasteiger partial charge in [0.25, 0.3) is 5.69 Å². The molecular weight excluding hydrogens is 336 g/mol. The van der Waals surface area contributed by atoms with Gasteiger partial charge >= 0.3 is 5.97 Å². The second kappa shape index (κ2) is 7.60. The molecule has 0 saturated heterocycles. The number of aromatic nitrogens is 1. The van der Waals surface area contributed by atoms with Crippen LogP contribution in [-0.4, -0.2) is 15.9 Å². The minimum absolute atomic E-state index is 0.0157. The molecule has 0 unspecified atom stereocenters. The van der Waals surface area contributed by atoms with Gasteiger partial charge in [0.15, 0.2) is 11.7 Å². The summed E-state index contributed by atoms with van der Waals surface area (Å²) in [4.78, 5) is 26.5. The maximum Gasteiger partial charge on any atom is 0.311 e. The van der Waals surface area contributed by atoms with Gasteiger partial charge in [0, 0.05) is 23.6 Å². The van der Waals surface area contributed by atoms with Gasteiger partial charge in [0.2, 0.25) is 0 Å². The van der Waals surface area contributed by atoms with Gasteiger partial charge < -0.3 is 9.15 Å². The number of oxazole rings is 1. The summed E-state index contributed by atoms with van der Waals surface area (Å²) >= 11 is 0. The summed E-state index contributed by atoms with van der Waals surface area (Å²) in [5.41, 5.74) is 1.33. The van der Waals surface area contributed by atoms with Gasteiger partial charge in [-0.2, -0.15) is 0 Å². The maximum atomic E-state index is 12.0. The average molecular weight is 352 g/mol. The number of carbonyl (C=O) groups is 1. The van der Waals surface area contributed by atoms with Crippen LogP contribution in [0.2, 0.25) is 0 Å². The van der Waals surface area contributed by atoms with Crippen molar-refractivity contribution in [3.8, 4) is 17.1 Å². The van der Waals surface area contributed by atoms with E-state index in [0.29, 0.717) is 23.6 Å². The molecule has 0 amide bonds. The van der Waals surface area contributed by atoms with Gasteiger partial charge in [0.1, 0.15) is 5.75 Å². The van der Waals surface area contributed by atoms with Crippen LogP contribution in [0.4, 0.5) is 5.69 Å². The zero-order valence-electron chi connectivity index (χ0n) is 14.0. The highest BCUT2D eigenvalue weighted by Gasteiger charge is 2.14. The van der Waals surface area contributed by atoms with Crippen molar-refractivity contribution in [2.24, 2.45) is 0 Å². The number of benzene rings is 2. The Bertz CT molecular complexity index is 934. The number of nitro benzene ring substituents is 1. The zero-order chi connectivity index (χ0) is 18.5. The minimum atomic E-state index is -0.478. The van der Waals surface area contributed by atoms with E-state index in [1.807, 2.05) is 30.3 Å². The van der Waals surface area contributed by atoms with Crippen LogP contribution in [0.25, 0.3) is 11.3 Å². The Hall–Kier alpha value is -3.48. The van der Waals surface area contributed by atoms with E-state index in [-0.39, 0.29) is 17.9 Å². The molecule has 7 nitrogen and oxygen atoms in total. The van der Waals surface area contributed by atoms with Crippen LogP contribution in [-0.2, 0) is 11.2 Å². The number of rotatable bonds is 6. The highest BCUT2D eigenvalue weighted by molar-refractivity contribution is 5.72. The topological polar surface area (TPSA) is 95.5 Å². The molecule has 1 aromatic heterocycles. The molecule has 0 N–H and O–H groups in total. The van der Waals surface area contributed by atoms with Crippen molar-refractivity contribution in [1.29, 1.82) is 0 Å². The van der Waals surface area contributed by atoms with Crippen LogP contribution >= 0.6 is 0 Å². The van der Waals surface area contributed by atoms with Crippen LogP contribution in [0.15, 0.2) is 59.1 Å². The standard InChI is InChI=1S/C19H16N2O5/c1-13-11-15(7-8-16(13)21(23)24)25-19(22)10-9-18-20-12-17(26-18)14-5-3-2-4-6-14/h2-8,11-12H,9-10H2,1H3. The van der Waals surface area contributed by atoms with Gasteiger partial charge in [-0.1, -0.05) is 30.3 Å². The SMILES string of the molecule is Cc1cc(OC(=O)CCc2ncc(-c3ccccc3)o2)ccc1[N+](=O)[O-]. The first kappa shape index (κ1) is 17.3. The molecule has 0 spiro atoms. The summed E-state index contributed by atoms with van der Waals surface area (Å²) in [6, 6.07) is 13.7. The fraction of sp³-hybridized carbons (Fsp3) is 0.158. The number of nitrogens with zero attached hydrogens (tertiary/aromatic N) is 2. The van der Waals surface area contributed by atoms with Gasteiger partial charge in [-0.15, -0.1) is 0 Å². The smallest absolute Gasteiger partial charge is 0.311 e. The molecule has 132 valence electrons. The van der Waals surface area contributed by atoms with Crippen LogP contribution in [0, 0.1) is 17.0 Å². The summed E-state index contributed by atoms with van der Waals surface area (Å²) < 4.78 is 10.8. The first-order valence-electron chi connectivity index (χ1n) is 7.99. The Kier molecular flexibility index (Phi) is 5.07. The Morgan fingerprint density at radius 1 is 1.23 bits per heavy atom. The fourth-order valence-corrected chi connectivity index (χ4v) is 2.45. The van der Waals surface area contributed by atoms with Crippen LogP contribution in [0.3, 0.4) is 0 Å². The van der Waals surface area contributed by atoms with E-state index in [0.717, 1.165) is 5.56 Å². The lowest BCUT2D eigenvalue weighted by atomic mass is 10.2. The number of nitro groups is 1. The van der Waals surface area contributed by atoms with E-state index in [9.17, 15) is 14.9 Å². The predicted octanol–water partition coefficient (Wildman–Crippen LogP) is 4.10. The first-order chi connectivity index (χ1) is 12.5. The zero-order valence-corrected chi connectivity index (χ0v) is 14.0. The number of esters is 1. The van der Waals surface area contributed by atoms with Crippen molar-refractivity contribution in [1.82, 2.24) is 4.98 Å². The highest BCUT2D eigenvalue weighted by Crippen LogP contribution is 2.24. The van der Waals surface area contributed by atoms with Gasteiger partial charge in [-0.25, -0.2) is 4.98 Å². The fourth-order valence-electron chi connectivity index (χ4n) is 2.45. The van der Waals surface area contributed by atoms with E-state index < -0.39 is 10.9 Å². The second-order valence-electron chi connectivity index (χ2n) is 5.66. The maximum absolute atomic E-state index is 12.0. The number of hydrogen-bond donors (Lipinski definition) is 0. The largest absolute Gasteiger partial charge is 0.441 e. The van der Waals surface area contributed by atoms with Crippen molar-refractivity contribution >= 4 is 11.7 Å². The molecule has 7 heteroatoms. The predicted molar refractivity (Wildman–Crippen MR) is 93.7 cm³/mol. The average Bonchev–Trinajstić information content (AvgIpc) is 3.09.